The number of rotatable bonds is 4. The van der Waals surface area contributed by atoms with Crippen LogP contribution in [0.5, 0.6) is 0 Å². The number of hydrogen-bond acceptors (Lipinski definition) is 4. The number of benzene rings is 2. The molecule has 0 aliphatic carbocycles. The van der Waals surface area contributed by atoms with Gasteiger partial charge in [-0.25, -0.2) is 9.48 Å². The summed E-state index contributed by atoms with van der Waals surface area (Å²) < 4.78 is 6.81. The fraction of sp³-hybridized carbons (Fsp3) is 0.150. The van der Waals surface area contributed by atoms with Crippen LogP contribution in [-0.4, -0.2) is 21.0 Å². The fourth-order valence-corrected chi connectivity index (χ4v) is 2.19. The molecule has 0 bridgehead atoms. The largest absolute Gasteiger partial charge is 0.449 e. The number of ether oxygens (including phenoxy) is 1. The maximum atomic E-state index is 11.7. The molecule has 0 aliphatic heterocycles. The Balaban J connectivity index is 1.52. The Hall–Kier alpha value is -3.39. The summed E-state index contributed by atoms with van der Waals surface area (Å²) in [5, 5.41) is 8.03. The third-order valence-electron chi connectivity index (χ3n) is 3.49. The van der Waals surface area contributed by atoms with Crippen LogP contribution in [0.25, 0.3) is 0 Å². The molecule has 0 unspecified atom stereocenters. The van der Waals surface area contributed by atoms with E-state index < -0.39 is 5.97 Å². The first-order valence-corrected chi connectivity index (χ1v) is 7.87. The molecule has 0 N–H and O–H groups in total. The molecule has 1 heterocycles. The third kappa shape index (κ3) is 5.05. The first-order chi connectivity index (χ1) is 12.2. The van der Waals surface area contributed by atoms with Crippen molar-refractivity contribution >= 4 is 5.97 Å². The van der Waals surface area contributed by atoms with Crippen LogP contribution in [0, 0.1) is 18.8 Å². The summed E-state index contributed by atoms with van der Waals surface area (Å²) in [5.41, 5.74) is 3.63. The lowest BCUT2D eigenvalue weighted by Crippen LogP contribution is -2.02. The highest BCUT2D eigenvalue weighted by atomic mass is 16.5. The van der Waals surface area contributed by atoms with Crippen LogP contribution in [0.4, 0.5) is 0 Å². The number of carbonyl (C=O) groups is 1. The molecule has 0 aliphatic rings. The molecule has 5 nitrogen and oxygen atoms in total. The molecule has 1 aromatic heterocycles. The molecule has 0 saturated heterocycles. The topological polar surface area (TPSA) is 57.0 Å². The van der Waals surface area contributed by atoms with Gasteiger partial charge in [-0.1, -0.05) is 59.2 Å². The van der Waals surface area contributed by atoms with E-state index in [4.69, 9.17) is 4.74 Å². The van der Waals surface area contributed by atoms with E-state index >= 15 is 0 Å². The quantitative estimate of drug-likeness (QED) is 0.545. The zero-order valence-corrected chi connectivity index (χ0v) is 13.8. The van der Waals surface area contributed by atoms with Crippen LogP contribution in [0.1, 0.15) is 22.4 Å². The third-order valence-corrected chi connectivity index (χ3v) is 3.49. The smallest absolute Gasteiger partial charge is 0.385 e. The molecule has 3 aromatic rings. The van der Waals surface area contributed by atoms with Gasteiger partial charge in [0.15, 0.2) is 0 Å². The van der Waals surface area contributed by atoms with Gasteiger partial charge in [-0.05, 0) is 24.6 Å². The zero-order valence-electron chi connectivity index (χ0n) is 13.8. The van der Waals surface area contributed by atoms with Gasteiger partial charge >= 0.3 is 5.97 Å². The minimum atomic E-state index is -0.585. The molecular formula is C20H17N3O2. The molecule has 5 heteroatoms. The summed E-state index contributed by atoms with van der Waals surface area (Å²) in [6, 6.07) is 17.6. The average molecular weight is 331 g/mol. The Labute approximate surface area is 146 Å². The zero-order chi connectivity index (χ0) is 17.5. The van der Waals surface area contributed by atoms with E-state index in [0.717, 1.165) is 16.7 Å². The summed E-state index contributed by atoms with van der Waals surface area (Å²) in [6.07, 6.45) is 1.76. The Morgan fingerprint density at radius 1 is 1.12 bits per heavy atom. The van der Waals surface area contributed by atoms with Crippen molar-refractivity contribution in [3.8, 4) is 11.8 Å². The minimum Gasteiger partial charge on any atom is -0.449 e. The van der Waals surface area contributed by atoms with E-state index in [9.17, 15) is 4.79 Å². The Kier molecular flexibility index (Phi) is 5.22. The second-order valence-electron chi connectivity index (χ2n) is 5.59. The summed E-state index contributed by atoms with van der Waals surface area (Å²) in [7, 11) is 0. The van der Waals surface area contributed by atoms with Crippen LogP contribution < -0.4 is 0 Å². The predicted molar refractivity (Wildman–Crippen MR) is 93.4 cm³/mol. The van der Waals surface area contributed by atoms with Gasteiger partial charge in [0.25, 0.3) is 0 Å². The number of aromatic nitrogens is 3. The summed E-state index contributed by atoms with van der Waals surface area (Å²) >= 11 is 0. The molecule has 2 aromatic carbocycles. The highest BCUT2D eigenvalue weighted by Crippen LogP contribution is 2.03. The summed E-state index contributed by atoms with van der Waals surface area (Å²) in [6.45, 7) is 2.67. The van der Waals surface area contributed by atoms with Crippen LogP contribution in [0.15, 0.2) is 60.8 Å². The van der Waals surface area contributed by atoms with E-state index in [1.54, 1.807) is 10.9 Å². The van der Waals surface area contributed by atoms with E-state index in [0.29, 0.717) is 12.2 Å². The summed E-state index contributed by atoms with van der Waals surface area (Å²) in [4.78, 5) is 11.7. The first kappa shape index (κ1) is 16.5. The minimum absolute atomic E-state index is 0.0518. The standard InChI is InChI=1S/C20H17N3O2/c1-16-7-9-17(10-8-16)11-12-20(24)25-15-19-14-23(22-21-19)13-18-5-3-2-4-6-18/h2-10,14H,13,15H2,1H3. The molecule has 25 heavy (non-hydrogen) atoms. The molecule has 0 atom stereocenters. The molecule has 0 amide bonds. The van der Waals surface area contributed by atoms with Gasteiger partial charge in [-0.15, -0.1) is 5.10 Å². The van der Waals surface area contributed by atoms with E-state index in [1.165, 1.54) is 0 Å². The SMILES string of the molecule is Cc1ccc(C#CC(=O)OCc2cn(Cc3ccccc3)nn2)cc1. The lowest BCUT2D eigenvalue weighted by molar-refractivity contribution is -0.138. The van der Waals surface area contributed by atoms with Crippen molar-refractivity contribution in [3.05, 3.63) is 83.2 Å². The number of nitrogens with zero attached hydrogens (tertiary/aromatic N) is 3. The van der Waals surface area contributed by atoms with Crippen LogP contribution in [-0.2, 0) is 22.7 Å². The van der Waals surface area contributed by atoms with Crippen LogP contribution >= 0.6 is 0 Å². The van der Waals surface area contributed by atoms with Gasteiger partial charge in [0, 0.05) is 11.5 Å². The molecule has 0 radical (unpaired) electrons. The predicted octanol–water partition coefficient (Wildman–Crippen LogP) is 2.73. The Bertz CT molecular complexity index is 903. The van der Waals surface area contributed by atoms with Gasteiger partial charge in [-0.3, -0.25) is 0 Å². The average Bonchev–Trinajstić information content (AvgIpc) is 3.08. The second-order valence-corrected chi connectivity index (χ2v) is 5.59. The fourth-order valence-electron chi connectivity index (χ4n) is 2.19. The maximum absolute atomic E-state index is 11.7. The van der Waals surface area contributed by atoms with Crippen molar-refractivity contribution in [1.29, 1.82) is 0 Å². The summed E-state index contributed by atoms with van der Waals surface area (Å²) in [5.74, 6) is 4.66. The number of esters is 1. The monoisotopic (exact) mass is 331 g/mol. The molecule has 124 valence electrons. The van der Waals surface area contributed by atoms with E-state index in [2.05, 4.69) is 22.2 Å². The van der Waals surface area contributed by atoms with Crippen molar-refractivity contribution in [2.45, 2.75) is 20.1 Å². The molecule has 0 fully saturated rings. The van der Waals surface area contributed by atoms with E-state index in [-0.39, 0.29) is 6.61 Å². The normalized spacial score (nSPS) is 9.96. The van der Waals surface area contributed by atoms with Crippen molar-refractivity contribution in [3.63, 3.8) is 0 Å². The van der Waals surface area contributed by atoms with E-state index in [1.807, 2.05) is 61.5 Å². The molecule has 0 saturated carbocycles. The van der Waals surface area contributed by atoms with Gasteiger partial charge in [0.1, 0.15) is 12.3 Å². The molecular weight excluding hydrogens is 314 g/mol. The molecule has 3 rings (SSSR count). The van der Waals surface area contributed by atoms with Gasteiger partial charge in [0.05, 0.1) is 12.7 Å². The van der Waals surface area contributed by atoms with Gasteiger partial charge < -0.3 is 4.74 Å². The van der Waals surface area contributed by atoms with Crippen molar-refractivity contribution < 1.29 is 9.53 Å². The Morgan fingerprint density at radius 2 is 1.88 bits per heavy atom. The first-order valence-electron chi connectivity index (χ1n) is 7.87. The number of aryl methyl sites for hydroxylation is 1. The lowest BCUT2D eigenvalue weighted by atomic mass is 10.2. The van der Waals surface area contributed by atoms with Crippen molar-refractivity contribution in [1.82, 2.24) is 15.0 Å². The van der Waals surface area contributed by atoms with Crippen molar-refractivity contribution in [2.75, 3.05) is 0 Å². The highest BCUT2D eigenvalue weighted by Gasteiger charge is 2.04. The maximum Gasteiger partial charge on any atom is 0.385 e. The van der Waals surface area contributed by atoms with Gasteiger partial charge in [0.2, 0.25) is 0 Å². The highest BCUT2D eigenvalue weighted by molar-refractivity contribution is 5.89. The van der Waals surface area contributed by atoms with Crippen molar-refractivity contribution in [2.24, 2.45) is 0 Å². The number of carbonyl (C=O) groups excluding carboxylic acids is 1. The number of hydrogen-bond donors (Lipinski definition) is 0. The molecule has 0 spiro atoms. The second kappa shape index (κ2) is 7.93. The van der Waals surface area contributed by atoms with Crippen LogP contribution in [0.2, 0.25) is 0 Å². The Morgan fingerprint density at radius 3 is 2.64 bits per heavy atom. The van der Waals surface area contributed by atoms with Gasteiger partial charge in [-0.2, -0.15) is 0 Å². The van der Waals surface area contributed by atoms with Crippen LogP contribution in [0.3, 0.4) is 0 Å². The lowest BCUT2D eigenvalue weighted by Gasteiger charge is -1.99.